The Labute approximate surface area is 136 Å². The van der Waals surface area contributed by atoms with E-state index in [1.807, 2.05) is 0 Å². The highest BCUT2D eigenvalue weighted by molar-refractivity contribution is 5.75. The zero-order valence-electron chi connectivity index (χ0n) is 12.4. The summed E-state index contributed by atoms with van der Waals surface area (Å²) in [5, 5.41) is 2.66. The van der Waals surface area contributed by atoms with E-state index in [-0.39, 0.29) is 10.7 Å². The highest BCUT2D eigenvalue weighted by Gasteiger charge is 2.78. The summed E-state index contributed by atoms with van der Waals surface area (Å²) in [5.41, 5.74) is -2.73. The number of ether oxygens (including phenoxy) is 1. The predicted octanol–water partition coefficient (Wildman–Crippen LogP) is 4.34. The lowest BCUT2D eigenvalue weighted by Crippen LogP contribution is -2.58. The summed E-state index contributed by atoms with van der Waals surface area (Å²) in [6.07, 6.45) is -20.6. The van der Waals surface area contributed by atoms with Crippen molar-refractivity contribution in [1.82, 2.24) is 9.78 Å². The summed E-state index contributed by atoms with van der Waals surface area (Å²) in [7, 11) is 0. The Hall–Kier alpha value is -1.93. The van der Waals surface area contributed by atoms with Crippen molar-refractivity contribution in [2.24, 2.45) is 0 Å². The number of carbonyl (C=O) groups is 1. The van der Waals surface area contributed by atoms with Crippen LogP contribution in [0.25, 0.3) is 0 Å². The van der Waals surface area contributed by atoms with Gasteiger partial charge in [-0.2, -0.15) is 53.4 Å². The van der Waals surface area contributed by atoms with Crippen LogP contribution in [0.3, 0.4) is 0 Å². The molecule has 150 valence electrons. The van der Waals surface area contributed by atoms with Crippen LogP contribution in [-0.2, 0) is 10.6 Å². The van der Waals surface area contributed by atoms with E-state index in [2.05, 4.69) is 9.84 Å². The van der Waals surface area contributed by atoms with Crippen LogP contribution >= 0.6 is 0 Å². The molecule has 0 unspecified atom stereocenters. The molecule has 1 rings (SSSR count). The predicted molar refractivity (Wildman–Crippen MR) is 59.1 cm³/mol. The lowest BCUT2D eigenvalue weighted by Gasteiger charge is -2.34. The van der Waals surface area contributed by atoms with Crippen LogP contribution in [0.15, 0.2) is 6.07 Å². The zero-order chi connectivity index (χ0) is 20.9. The van der Waals surface area contributed by atoms with Gasteiger partial charge in [0, 0.05) is 12.6 Å². The lowest BCUT2D eigenvalue weighted by atomic mass is 10.2. The number of carbonyl (C=O) groups excluding carboxylic acids is 1. The monoisotopic (exact) mass is 408 g/mol. The van der Waals surface area contributed by atoms with Crippen molar-refractivity contribution in [2.45, 2.75) is 44.1 Å². The first-order chi connectivity index (χ1) is 11.3. The number of aromatic nitrogens is 2. The minimum absolute atomic E-state index is 0.0245. The number of alkyl halides is 11. The smallest absolute Gasteiger partial charge is 0.273 e. The number of hydrogen-bond donors (Lipinski definition) is 0. The van der Waals surface area contributed by atoms with Crippen LogP contribution in [0, 0.1) is 6.92 Å². The SMILES string of the molecule is CC(=O)n1nc([C@@](F)(OC(F)(F)C(F)(F)C(F)(F)F)C(F)(F)F)cc1C. The van der Waals surface area contributed by atoms with Crippen LogP contribution < -0.4 is 0 Å². The van der Waals surface area contributed by atoms with E-state index in [0.29, 0.717) is 6.92 Å². The van der Waals surface area contributed by atoms with Gasteiger partial charge in [0.1, 0.15) is 5.69 Å². The average Bonchev–Trinajstić information content (AvgIpc) is 2.78. The van der Waals surface area contributed by atoms with Crippen molar-refractivity contribution >= 4 is 5.91 Å². The molecule has 1 heterocycles. The number of hydrogen-bond acceptors (Lipinski definition) is 3. The van der Waals surface area contributed by atoms with Gasteiger partial charge in [0.25, 0.3) is 0 Å². The fourth-order valence-corrected chi connectivity index (χ4v) is 1.61. The summed E-state index contributed by atoms with van der Waals surface area (Å²) < 4.78 is 143. The zero-order valence-corrected chi connectivity index (χ0v) is 12.4. The molecule has 0 radical (unpaired) electrons. The van der Waals surface area contributed by atoms with Crippen molar-refractivity contribution in [3.63, 3.8) is 0 Å². The molecule has 0 saturated carbocycles. The highest BCUT2D eigenvalue weighted by Crippen LogP contribution is 2.53. The van der Waals surface area contributed by atoms with Gasteiger partial charge in [-0.25, -0.2) is 4.68 Å². The lowest BCUT2D eigenvalue weighted by molar-refractivity contribution is -0.488. The Morgan fingerprint density at radius 1 is 0.962 bits per heavy atom. The molecule has 0 saturated heterocycles. The van der Waals surface area contributed by atoms with Crippen LogP contribution in [-0.4, -0.2) is 40.1 Å². The first-order valence-electron chi connectivity index (χ1n) is 6.14. The minimum Gasteiger partial charge on any atom is -0.273 e. The molecule has 0 aromatic carbocycles. The van der Waals surface area contributed by atoms with Crippen molar-refractivity contribution < 1.29 is 57.8 Å². The Kier molecular flexibility index (Phi) is 5.15. The van der Waals surface area contributed by atoms with E-state index in [1.165, 1.54) is 0 Å². The second kappa shape index (κ2) is 6.06. The molecular weight excluding hydrogens is 401 g/mol. The number of rotatable bonds is 4. The fourth-order valence-electron chi connectivity index (χ4n) is 1.61. The molecule has 0 bridgehead atoms. The molecule has 15 heteroatoms. The maximum atomic E-state index is 14.2. The molecule has 0 N–H and O–H groups in total. The van der Waals surface area contributed by atoms with Gasteiger partial charge in [-0.3, -0.25) is 9.53 Å². The van der Waals surface area contributed by atoms with E-state index in [4.69, 9.17) is 0 Å². The molecule has 1 aromatic rings. The van der Waals surface area contributed by atoms with E-state index in [0.717, 1.165) is 6.92 Å². The quantitative estimate of drug-likeness (QED) is 0.697. The molecular formula is C11H7F11N2O2. The van der Waals surface area contributed by atoms with Gasteiger partial charge in [0.2, 0.25) is 5.91 Å². The van der Waals surface area contributed by atoms with Crippen molar-refractivity contribution in [2.75, 3.05) is 0 Å². The second-order valence-electron chi connectivity index (χ2n) is 4.89. The van der Waals surface area contributed by atoms with E-state index in [9.17, 15) is 53.1 Å². The minimum atomic E-state index is -7.17. The Morgan fingerprint density at radius 2 is 1.42 bits per heavy atom. The largest absolute Gasteiger partial charge is 0.462 e. The van der Waals surface area contributed by atoms with Gasteiger partial charge in [-0.05, 0) is 13.0 Å². The molecule has 0 aliphatic rings. The van der Waals surface area contributed by atoms with E-state index >= 15 is 0 Å². The maximum Gasteiger partial charge on any atom is 0.462 e. The Balaban J connectivity index is 3.53. The van der Waals surface area contributed by atoms with Crippen LogP contribution in [0.5, 0.6) is 0 Å². The standard InChI is InChI=1S/C11H7F11N2O2/c1-4-3-6(23-24(4)5(2)25)7(12,9(15,16)17)26-11(21,22)8(13,14)10(18,19)20/h3H,1-2H3/t7-/m1/s1. The van der Waals surface area contributed by atoms with Gasteiger partial charge in [0.15, 0.2) is 0 Å². The molecule has 0 aliphatic carbocycles. The third-order valence-corrected chi connectivity index (χ3v) is 2.87. The summed E-state index contributed by atoms with van der Waals surface area (Å²) in [6.45, 7) is 1.57. The first kappa shape index (κ1) is 22.1. The molecule has 0 fully saturated rings. The summed E-state index contributed by atoms with van der Waals surface area (Å²) >= 11 is 0. The molecule has 26 heavy (non-hydrogen) atoms. The van der Waals surface area contributed by atoms with Crippen molar-refractivity contribution in [3.8, 4) is 0 Å². The molecule has 1 aromatic heterocycles. The molecule has 4 nitrogen and oxygen atoms in total. The Morgan fingerprint density at radius 3 is 1.73 bits per heavy atom. The number of aryl methyl sites for hydroxylation is 1. The maximum absolute atomic E-state index is 14.2. The molecule has 1 atom stereocenters. The van der Waals surface area contributed by atoms with Gasteiger partial charge in [-0.15, -0.1) is 0 Å². The van der Waals surface area contributed by atoms with Crippen molar-refractivity contribution in [3.05, 3.63) is 17.5 Å². The summed E-state index contributed by atoms with van der Waals surface area (Å²) in [6, 6.07) is 0.0245. The third kappa shape index (κ3) is 3.48. The molecule has 0 spiro atoms. The van der Waals surface area contributed by atoms with Gasteiger partial charge in [-0.1, -0.05) is 0 Å². The Bertz CT molecular complexity index is 691. The van der Waals surface area contributed by atoms with Crippen molar-refractivity contribution in [1.29, 1.82) is 0 Å². The second-order valence-corrected chi connectivity index (χ2v) is 4.89. The van der Waals surface area contributed by atoms with Gasteiger partial charge < -0.3 is 0 Å². The molecule has 0 amide bonds. The first-order valence-corrected chi connectivity index (χ1v) is 6.14. The summed E-state index contributed by atoms with van der Waals surface area (Å²) in [5.74, 6) is -14.2. The average molecular weight is 408 g/mol. The number of nitrogens with zero attached hydrogens (tertiary/aromatic N) is 2. The van der Waals surface area contributed by atoms with Gasteiger partial charge in [0.05, 0.1) is 0 Å². The topological polar surface area (TPSA) is 44.1 Å². The molecule has 0 aliphatic heterocycles. The number of halogens is 11. The van der Waals surface area contributed by atoms with E-state index < -0.39 is 47.5 Å². The van der Waals surface area contributed by atoms with Crippen LogP contribution in [0.2, 0.25) is 0 Å². The van der Waals surface area contributed by atoms with Gasteiger partial charge >= 0.3 is 30.2 Å². The van der Waals surface area contributed by atoms with E-state index in [1.54, 1.807) is 0 Å². The summed E-state index contributed by atoms with van der Waals surface area (Å²) in [4.78, 5) is 11.1. The van der Waals surface area contributed by atoms with Crippen LogP contribution in [0.1, 0.15) is 23.1 Å². The fraction of sp³-hybridized carbons (Fsp3) is 0.636. The third-order valence-electron chi connectivity index (χ3n) is 2.87. The highest BCUT2D eigenvalue weighted by atomic mass is 19.4. The van der Waals surface area contributed by atoms with Crippen LogP contribution in [0.4, 0.5) is 48.3 Å². The normalized spacial score (nSPS) is 16.5.